The van der Waals surface area contributed by atoms with Crippen molar-refractivity contribution < 1.29 is 5.11 Å². The number of hydrogen-bond acceptors (Lipinski definition) is 5. The van der Waals surface area contributed by atoms with Gasteiger partial charge in [0.15, 0.2) is 0 Å². The molecular weight excluding hydrogens is 222 g/mol. The second-order valence-corrected chi connectivity index (χ2v) is 4.82. The van der Waals surface area contributed by atoms with E-state index in [0.717, 1.165) is 22.9 Å². The molecule has 1 aromatic rings. The van der Waals surface area contributed by atoms with Crippen molar-refractivity contribution in [3.8, 4) is 0 Å². The van der Waals surface area contributed by atoms with Gasteiger partial charge in [0, 0.05) is 25.1 Å². The lowest BCUT2D eigenvalue weighted by Gasteiger charge is -2.09. The van der Waals surface area contributed by atoms with Gasteiger partial charge >= 0.3 is 0 Å². The van der Waals surface area contributed by atoms with Crippen LogP contribution >= 0.6 is 11.8 Å². The summed E-state index contributed by atoms with van der Waals surface area (Å²) in [6.07, 6.45) is 1.83. The number of aromatic nitrogens is 2. The summed E-state index contributed by atoms with van der Waals surface area (Å²) in [6, 6.07) is 0. The van der Waals surface area contributed by atoms with Crippen molar-refractivity contribution in [1.82, 2.24) is 9.97 Å². The molecule has 0 radical (unpaired) electrons. The number of aliphatic hydroxyl groups excluding tert-OH is 1. The minimum Gasteiger partial charge on any atom is -0.396 e. The average molecular weight is 241 g/mol. The van der Waals surface area contributed by atoms with Gasteiger partial charge < -0.3 is 10.4 Å². The third kappa shape index (κ3) is 3.98. The number of anilines is 1. The van der Waals surface area contributed by atoms with Crippen LogP contribution in [0.4, 0.5) is 5.95 Å². The summed E-state index contributed by atoms with van der Waals surface area (Å²) < 4.78 is 0. The van der Waals surface area contributed by atoms with Crippen LogP contribution in [-0.4, -0.2) is 34.0 Å². The number of aliphatic hydroxyl groups is 1. The first-order chi connectivity index (χ1) is 7.67. The van der Waals surface area contributed by atoms with Gasteiger partial charge in [0.1, 0.15) is 5.03 Å². The van der Waals surface area contributed by atoms with E-state index < -0.39 is 0 Å². The van der Waals surface area contributed by atoms with Crippen molar-refractivity contribution in [2.75, 3.05) is 24.2 Å². The van der Waals surface area contributed by atoms with E-state index in [1.54, 1.807) is 11.8 Å². The highest BCUT2D eigenvalue weighted by Gasteiger charge is 2.06. The van der Waals surface area contributed by atoms with E-state index in [1.165, 1.54) is 0 Å². The van der Waals surface area contributed by atoms with Crippen molar-refractivity contribution in [2.24, 2.45) is 5.92 Å². The molecule has 1 aromatic heterocycles. The molecule has 0 aliphatic carbocycles. The van der Waals surface area contributed by atoms with E-state index in [0.29, 0.717) is 11.9 Å². The van der Waals surface area contributed by atoms with Crippen LogP contribution in [0.1, 0.15) is 19.4 Å². The molecule has 0 saturated carbocycles. The van der Waals surface area contributed by atoms with Gasteiger partial charge in [-0.1, -0.05) is 6.92 Å². The van der Waals surface area contributed by atoms with Gasteiger partial charge in [-0.25, -0.2) is 9.97 Å². The predicted molar refractivity (Wildman–Crippen MR) is 67.9 cm³/mol. The molecule has 5 heteroatoms. The molecule has 1 unspecified atom stereocenters. The third-order valence-electron chi connectivity index (χ3n) is 2.08. The quantitative estimate of drug-likeness (QED) is 0.589. The summed E-state index contributed by atoms with van der Waals surface area (Å²) in [7, 11) is 0. The van der Waals surface area contributed by atoms with Crippen molar-refractivity contribution in [2.45, 2.75) is 25.8 Å². The summed E-state index contributed by atoms with van der Waals surface area (Å²) in [4.78, 5) is 8.62. The monoisotopic (exact) mass is 241 g/mol. The Morgan fingerprint density at radius 3 is 2.94 bits per heavy atom. The van der Waals surface area contributed by atoms with Gasteiger partial charge in [-0.15, -0.1) is 11.8 Å². The number of hydrogen-bond donors (Lipinski definition) is 2. The van der Waals surface area contributed by atoms with Gasteiger partial charge in [0.05, 0.1) is 0 Å². The molecule has 0 aliphatic rings. The zero-order valence-electron chi connectivity index (χ0n) is 10.0. The molecule has 0 aliphatic heterocycles. The van der Waals surface area contributed by atoms with Gasteiger partial charge in [-0.3, -0.25) is 0 Å². The Balaban J connectivity index is 2.66. The van der Waals surface area contributed by atoms with Crippen LogP contribution in [0.15, 0.2) is 11.2 Å². The Labute approximate surface area is 101 Å². The Kier molecular flexibility index (Phi) is 5.55. The molecule has 0 bridgehead atoms. The van der Waals surface area contributed by atoms with Crippen LogP contribution in [0.3, 0.4) is 0 Å². The van der Waals surface area contributed by atoms with Crippen molar-refractivity contribution >= 4 is 17.7 Å². The minimum atomic E-state index is 0.219. The number of rotatable bonds is 6. The highest BCUT2D eigenvalue weighted by atomic mass is 32.2. The zero-order valence-corrected chi connectivity index (χ0v) is 10.8. The fourth-order valence-corrected chi connectivity index (χ4v) is 2.07. The maximum absolute atomic E-state index is 8.96. The fraction of sp³-hybridized carbons (Fsp3) is 0.636. The summed E-state index contributed by atoms with van der Waals surface area (Å²) in [5, 5.41) is 13.0. The SMILES string of the molecule is CCNc1ncc(C)c(SCC(C)CO)n1. The van der Waals surface area contributed by atoms with E-state index in [-0.39, 0.29) is 6.61 Å². The standard InChI is InChI=1S/C11H19N3OS/c1-4-12-11-13-5-9(3)10(14-11)16-7-8(2)6-15/h5,8,15H,4,6-7H2,1-3H3,(H,12,13,14). The van der Waals surface area contributed by atoms with Crippen LogP contribution in [0.5, 0.6) is 0 Å². The Bertz CT molecular complexity index is 333. The van der Waals surface area contributed by atoms with Gasteiger partial charge in [0.25, 0.3) is 0 Å². The first-order valence-electron chi connectivity index (χ1n) is 5.48. The predicted octanol–water partition coefficient (Wildman–Crippen LogP) is 1.94. The van der Waals surface area contributed by atoms with E-state index in [2.05, 4.69) is 15.3 Å². The minimum absolute atomic E-state index is 0.219. The molecule has 0 saturated heterocycles. The Morgan fingerprint density at radius 2 is 2.31 bits per heavy atom. The van der Waals surface area contributed by atoms with Crippen LogP contribution in [0, 0.1) is 12.8 Å². The lowest BCUT2D eigenvalue weighted by atomic mass is 10.2. The normalized spacial score (nSPS) is 12.5. The lowest BCUT2D eigenvalue weighted by Crippen LogP contribution is -2.06. The average Bonchev–Trinajstić information content (AvgIpc) is 2.29. The molecule has 1 rings (SSSR count). The molecule has 4 nitrogen and oxygen atoms in total. The van der Waals surface area contributed by atoms with E-state index >= 15 is 0 Å². The van der Waals surface area contributed by atoms with E-state index in [9.17, 15) is 0 Å². The molecule has 0 amide bonds. The number of nitrogens with one attached hydrogen (secondary N) is 1. The smallest absolute Gasteiger partial charge is 0.223 e. The van der Waals surface area contributed by atoms with Crippen molar-refractivity contribution in [1.29, 1.82) is 0 Å². The zero-order chi connectivity index (χ0) is 12.0. The van der Waals surface area contributed by atoms with Crippen LogP contribution in [-0.2, 0) is 0 Å². The summed E-state index contributed by atoms with van der Waals surface area (Å²) >= 11 is 1.67. The Morgan fingerprint density at radius 1 is 1.56 bits per heavy atom. The van der Waals surface area contributed by atoms with Crippen LogP contribution in [0.25, 0.3) is 0 Å². The highest BCUT2D eigenvalue weighted by Crippen LogP contribution is 2.22. The molecule has 0 aromatic carbocycles. The molecule has 16 heavy (non-hydrogen) atoms. The maximum atomic E-state index is 8.96. The lowest BCUT2D eigenvalue weighted by molar-refractivity contribution is 0.250. The summed E-state index contributed by atoms with van der Waals surface area (Å²) in [6.45, 7) is 7.08. The second-order valence-electron chi connectivity index (χ2n) is 3.81. The van der Waals surface area contributed by atoms with Crippen molar-refractivity contribution in [3.05, 3.63) is 11.8 Å². The van der Waals surface area contributed by atoms with E-state index in [4.69, 9.17) is 5.11 Å². The molecule has 0 fully saturated rings. The van der Waals surface area contributed by atoms with Crippen molar-refractivity contribution in [3.63, 3.8) is 0 Å². The first-order valence-corrected chi connectivity index (χ1v) is 6.47. The number of thioether (sulfide) groups is 1. The summed E-state index contributed by atoms with van der Waals surface area (Å²) in [5.74, 6) is 1.84. The third-order valence-corrected chi connectivity index (χ3v) is 3.50. The Hall–Kier alpha value is -0.810. The van der Waals surface area contributed by atoms with Gasteiger partial charge in [-0.2, -0.15) is 0 Å². The molecule has 0 spiro atoms. The second kappa shape index (κ2) is 6.70. The first kappa shape index (κ1) is 13.3. The van der Waals surface area contributed by atoms with Crippen LogP contribution in [0.2, 0.25) is 0 Å². The fourth-order valence-electron chi connectivity index (χ4n) is 1.09. The molecule has 90 valence electrons. The van der Waals surface area contributed by atoms with Crippen LogP contribution < -0.4 is 5.32 Å². The summed E-state index contributed by atoms with van der Waals surface area (Å²) in [5.41, 5.74) is 1.08. The molecule has 1 atom stereocenters. The number of aryl methyl sites for hydroxylation is 1. The molecule has 1 heterocycles. The van der Waals surface area contributed by atoms with E-state index in [1.807, 2.05) is 27.0 Å². The molecular formula is C11H19N3OS. The van der Waals surface area contributed by atoms with Gasteiger partial charge in [-0.05, 0) is 25.3 Å². The molecule has 2 N–H and O–H groups in total. The maximum Gasteiger partial charge on any atom is 0.223 e. The highest BCUT2D eigenvalue weighted by molar-refractivity contribution is 7.99. The largest absolute Gasteiger partial charge is 0.396 e. The number of nitrogens with zero attached hydrogens (tertiary/aromatic N) is 2. The van der Waals surface area contributed by atoms with Gasteiger partial charge in [0.2, 0.25) is 5.95 Å². The topological polar surface area (TPSA) is 58.0 Å².